The number of nitrogens with one attached hydrogen (secondary N) is 1. The van der Waals surface area contributed by atoms with Crippen LogP contribution in [-0.4, -0.2) is 33.3 Å². The zero-order valence-corrected chi connectivity index (χ0v) is 9.32. The maximum atomic E-state index is 8.59. The zero-order valence-electron chi connectivity index (χ0n) is 9.32. The quantitative estimate of drug-likeness (QED) is 0.614. The topological polar surface area (TPSA) is 63.0 Å². The normalized spacial score (nSPS) is 10.8. The Labute approximate surface area is 90.5 Å². The van der Waals surface area contributed by atoms with E-state index in [0.29, 0.717) is 6.61 Å². The molecule has 1 aromatic heterocycles. The minimum absolute atomic E-state index is 0.313. The van der Waals surface area contributed by atoms with Crippen molar-refractivity contribution in [2.24, 2.45) is 7.05 Å². The molecule has 0 saturated heterocycles. The Hall–Kier alpha value is -0.940. The molecule has 0 radical (unpaired) electrons. The molecule has 0 unspecified atom stereocenters. The lowest BCUT2D eigenvalue weighted by molar-refractivity contribution is 0.282. The first-order chi connectivity index (χ1) is 7.33. The van der Waals surface area contributed by atoms with Crippen LogP contribution in [0.2, 0.25) is 0 Å². The van der Waals surface area contributed by atoms with E-state index in [2.05, 4.69) is 15.6 Å². The summed E-state index contributed by atoms with van der Waals surface area (Å²) in [7, 11) is 1.87. The lowest BCUT2D eigenvalue weighted by Gasteiger charge is -2.01. The highest BCUT2D eigenvalue weighted by atomic mass is 16.2. The second-order valence-corrected chi connectivity index (χ2v) is 3.70. The van der Waals surface area contributed by atoms with Gasteiger partial charge in [-0.15, -0.1) is 5.10 Å². The smallest absolute Gasteiger partial charge is 0.0964 e. The maximum Gasteiger partial charge on any atom is 0.0964 e. The van der Waals surface area contributed by atoms with Gasteiger partial charge in [-0.05, 0) is 19.4 Å². The molecule has 0 aliphatic rings. The minimum Gasteiger partial charge on any atom is -0.396 e. The second-order valence-electron chi connectivity index (χ2n) is 3.70. The molecule has 15 heavy (non-hydrogen) atoms. The fourth-order valence-corrected chi connectivity index (χ4v) is 1.41. The van der Waals surface area contributed by atoms with E-state index in [1.807, 2.05) is 13.2 Å². The van der Waals surface area contributed by atoms with Crippen LogP contribution in [0.25, 0.3) is 0 Å². The number of hydrogen-bond acceptors (Lipinski definition) is 4. The highest BCUT2D eigenvalue weighted by molar-refractivity contribution is 4.90. The Morgan fingerprint density at radius 3 is 2.80 bits per heavy atom. The van der Waals surface area contributed by atoms with Gasteiger partial charge in [0.15, 0.2) is 0 Å². The van der Waals surface area contributed by atoms with Crippen LogP contribution in [0.3, 0.4) is 0 Å². The average Bonchev–Trinajstić information content (AvgIpc) is 2.63. The molecule has 0 amide bonds. The van der Waals surface area contributed by atoms with Crippen molar-refractivity contribution in [2.75, 3.05) is 13.2 Å². The van der Waals surface area contributed by atoms with E-state index < -0.39 is 0 Å². The summed E-state index contributed by atoms with van der Waals surface area (Å²) >= 11 is 0. The molecule has 1 aromatic rings. The number of aromatic nitrogens is 3. The van der Waals surface area contributed by atoms with Crippen LogP contribution in [-0.2, 0) is 13.6 Å². The van der Waals surface area contributed by atoms with Crippen LogP contribution < -0.4 is 5.32 Å². The molecule has 0 atom stereocenters. The summed E-state index contributed by atoms with van der Waals surface area (Å²) in [6, 6.07) is 0. The van der Waals surface area contributed by atoms with Crippen LogP contribution >= 0.6 is 0 Å². The molecular formula is C10H20N4O. The third-order valence-corrected chi connectivity index (χ3v) is 2.22. The lowest BCUT2D eigenvalue weighted by Crippen LogP contribution is -2.14. The van der Waals surface area contributed by atoms with E-state index >= 15 is 0 Å². The molecule has 0 aromatic carbocycles. The number of nitrogens with zero attached hydrogens (tertiary/aromatic N) is 3. The summed E-state index contributed by atoms with van der Waals surface area (Å²) in [4.78, 5) is 0. The number of aliphatic hydroxyl groups excluding tert-OH is 1. The average molecular weight is 212 g/mol. The van der Waals surface area contributed by atoms with E-state index in [1.54, 1.807) is 4.68 Å². The Morgan fingerprint density at radius 1 is 1.33 bits per heavy atom. The first-order valence-electron chi connectivity index (χ1n) is 5.49. The first-order valence-corrected chi connectivity index (χ1v) is 5.49. The summed E-state index contributed by atoms with van der Waals surface area (Å²) in [5, 5.41) is 19.7. The van der Waals surface area contributed by atoms with Gasteiger partial charge in [0.2, 0.25) is 0 Å². The molecule has 0 aliphatic heterocycles. The number of aliphatic hydroxyl groups is 1. The van der Waals surface area contributed by atoms with E-state index in [9.17, 15) is 0 Å². The van der Waals surface area contributed by atoms with Crippen molar-refractivity contribution in [1.82, 2.24) is 20.3 Å². The van der Waals surface area contributed by atoms with E-state index in [1.165, 1.54) is 6.42 Å². The first kappa shape index (κ1) is 12.1. The van der Waals surface area contributed by atoms with Gasteiger partial charge >= 0.3 is 0 Å². The molecule has 0 bridgehead atoms. The summed E-state index contributed by atoms with van der Waals surface area (Å²) in [6.07, 6.45) is 6.28. The molecule has 0 aliphatic carbocycles. The Kier molecular flexibility index (Phi) is 5.96. The van der Waals surface area contributed by atoms with Crippen LogP contribution in [0.15, 0.2) is 6.20 Å². The standard InChI is InChI=1S/C10H20N4O/c1-14-9-10(12-13-14)8-11-6-4-2-3-5-7-15/h9,11,15H,2-8H2,1H3. The Balaban J connectivity index is 1.93. The van der Waals surface area contributed by atoms with Gasteiger partial charge in [0.25, 0.3) is 0 Å². The van der Waals surface area contributed by atoms with Gasteiger partial charge in [-0.3, -0.25) is 4.68 Å². The SMILES string of the molecule is Cn1cc(CNCCCCCCO)nn1. The highest BCUT2D eigenvalue weighted by Gasteiger charge is 1.96. The maximum absolute atomic E-state index is 8.59. The predicted molar refractivity (Wildman–Crippen MR) is 58.3 cm³/mol. The molecule has 1 heterocycles. The van der Waals surface area contributed by atoms with Crippen molar-refractivity contribution in [3.05, 3.63) is 11.9 Å². The van der Waals surface area contributed by atoms with Crippen molar-refractivity contribution in [2.45, 2.75) is 32.2 Å². The second kappa shape index (κ2) is 7.36. The summed E-state index contributed by atoms with van der Waals surface area (Å²) < 4.78 is 1.71. The van der Waals surface area contributed by atoms with Crippen LogP contribution in [0, 0.1) is 0 Å². The van der Waals surface area contributed by atoms with Crippen molar-refractivity contribution in [1.29, 1.82) is 0 Å². The van der Waals surface area contributed by atoms with Gasteiger partial charge in [0.05, 0.1) is 5.69 Å². The van der Waals surface area contributed by atoms with Crippen LogP contribution in [0.1, 0.15) is 31.4 Å². The monoisotopic (exact) mass is 212 g/mol. The third kappa shape index (κ3) is 5.49. The molecule has 1 rings (SSSR count). The largest absolute Gasteiger partial charge is 0.396 e. The Morgan fingerprint density at radius 2 is 2.13 bits per heavy atom. The van der Waals surface area contributed by atoms with Gasteiger partial charge in [-0.1, -0.05) is 18.1 Å². The highest BCUT2D eigenvalue weighted by Crippen LogP contribution is 1.98. The molecule has 2 N–H and O–H groups in total. The van der Waals surface area contributed by atoms with Gasteiger partial charge in [-0.2, -0.15) is 0 Å². The van der Waals surface area contributed by atoms with Crippen molar-refractivity contribution < 1.29 is 5.11 Å². The molecule has 0 spiro atoms. The molecule has 5 heteroatoms. The van der Waals surface area contributed by atoms with Crippen LogP contribution in [0.5, 0.6) is 0 Å². The van der Waals surface area contributed by atoms with Crippen molar-refractivity contribution >= 4 is 0 Å². The van der Waals surface area contributed by atoms with Crippen LogP contribution in [0.4, 0.5) is 0 Å². The number of rotatable bonds is 8. The van der Waals surface area contributed by atoms with Crippen molar-refractivity contribution in [3.63, 3.8) is 0 Å². The zero-order chi connectivity index (χ0) is 10.9. The minimum atomic E-state index is 0.313. The van der Waals surface area contributed by atoms with Gasteiger partial charge in [-0.25, -0.2) is 0 Å². The van der Waals surface area contributed by atoms with Gasteiger partial charge in [0, 0.05) is 26.4 Å². The number of aryl methyl sites for hydroxylation is 1. The molecule has 0 fully saturated rings. The Bertz CT molecular complexity index is 262. The third-order valence-electron chi connectivity index (χ3n) is 2.22. The summed E-state index contributed by atoms with van der Waals surface area (Å²) in [5.41, 5.74) is 0.979. The molecular weight excluding hydrogens is 192 g/mol. The molecule has 86 valence electrons. The summed E-state index contributed by atoms with van der Waals surface area (Å²) in [5.74, 6) is 0. The molecule has 5 nitrogen and oxygen atoms in total. The number of hydrogen-bond donors (Lipinski definition) is 2. The van der Waals surface area contributed by atoms with Crippen molar-refractivity contribution in [3.8, 4) is 0 Å². The van der Waals surface area contributed by atoms with Gasteiger partial charge < -0.3 is 10.4 Å². The lowest BCUT2D eigenvalue weighted by atomic mass is 10.2. The predicted octanol–water partition coefficient (Wildman–Crippen LogP) is 0.457. The fraction of sp³-hybridized carbons (Fsp3) is 0.800. The fourth-order valence-electron chi connectivity index (χ4n) is 1.41. The van der Waals surface area contributed by atoms with E-state index in [-0.39, 0.29) is 0 Å². The van der Waals surface area contributed by atoms with E-state index in [0.717, 1.165) is 38.0 Å². The van der Waals surface area contributed by atoms with E-state index in [4.69, 9.17) is 5.11 Å². The number of unbranched alkanes of at least 4 members (excludes halogenated alkanes) is 3. The van der Waals surface area contributed by atoms with Gasteiger partial charge in [0.1, 0.15) is 0 Å². The summed E-state index contributed by atoms with van der Waals surface area (Å²) in [6.45, 7) is 2.10. The molecule has 0 saturated carbocycles.